The highest BCUT2D eigenvalue weighted by Crippen LogP contribution is 2.27. The molecule has 6 heteroatoms. The zero-order chi connectivity index (χ0) is 19.6. The van der Waals surface area contributed by atoms with Crippen molar-refractivity contribution in [2.24, 2.45) is 0 Å². The van der Waals surface area contributed by atoms with Crippen molar-refractivity contribution in [2.45, 2.75) is 39.7 Å². The number of imidazole rings is 1. The first-order chi connectivity index (χ1) is 12.9. The van der Waals surface area contributed by atoms with E-state index < -0.39 is 0 Å². The molecule has 0 radical (unpaired) electrons. The van der Waals surface area contributed by atoms with Crippen molar-refractivity contribution in [2.75, 3.05) is 6.61 Å². The Morgan fingerprint density at radius 1 is 1.30 bits per heavy atom. The third kappa shape index (κ3) is 4.01. The van der Waals surface area contributed by atoms with Crippen LogP contribution in [0.15, 0.2) is 36.5 Å². The number of aromatic nitrogens is 2. The monoisotopic (exact) mass is 369 g/mol. The van der Waals surface area contributed by atoms with Crippen LogP contribution in [0.4, 0.5) is 4.39 Å². The molecule has 0 saturated carbocycles. The van der Waals surface area contributed by atoms with Gasteiger partial charge in [0.2, 0.25) is 5.91 Å². The minimum atomic E-state index is -0.272. The first-order valence-corrected chi connectivity index (χ1v) is 9.07. The minimum Gasteiger partial charge on any atom is -0.394 e. The van der Waals surface area contributed by atoms with Crippen molar-refractivity contribution < 1.29 is 14.3 Å². The molecule has 3 rings (SSSR count). The van der Waals surface area contributed by atoms with E-state index in [9.17, 15) is 14.3 Å². The number of rotatable bonds is 6. The van der Waals surface area contributed by atoms with Crippen LogP contribution in [0.3, 0.4) is 0 Å². The normalized spacial score (nSPS) is 12.3. The fourth-order valence-electron chi connectivity index (χ4n) is 3.10. The Bertz CT molecular complexity index is 977. The van der Waals surface area contributed by atoms with Crippen LogP contribution < -0.4 is 5.32 Å². The summed E-state index contributed by atoms with van der Waals surface area (Å²) in [6.07, 6.45) is 2.71. The number of carbonyl (C=O) groups is 1. The van der Waals surface area contributed by atoms with E-state index in [4.69, 9.17) is 0 Å². The van der Waals surface area contributed by atoms with E-state index in [0.29, 0.717) is 17.7 Å². The van der Waals surface area contributed by atoms with Gasteiger partial charge >= 0.3 is 0 Å². The van der Waals surface area contributed by atoms with Crippen LogP contribution in [-0.4, -0.2) is 33.0 Å². The molecule has 2 aromatic heterocycles. The SMILES string of the molecule is CCC(CO)NC(=O)Cc1c(-c2ccc(F)c(C)c2)nc2ccc(C)cn12. The van der Waals surface area contributed by atoms with Crippen molar-refractivity contribution in [3.05, 3.63) is 59.2 Å². The molecule has 0 saturated heterocycles. The number of aryl methyl sites for hydroxylation is 2. The predicted octanol–water partition coefficient (Wildman–Crippen LogP) is 3.19. The van der Waals surface area contributed by atoms with Crippen molar-refractivity contribution in [3.8, 4) is 11.3 Å². The Balaban J connectivity index is 2.06. The highest BCUT2D eigenvalue weighted by molar-refractivity contribution is 5.82. The van der Waals surface area contributed by atoms with Crippen molar-refractivity contribution in [1.29, 1.82) is 0 Å². The van der Waals surface area contributed by atoms with Crippen molar-refractivity contribution in [1.82, 2.24) is 14.7 Å². The molecule has 0 bridgehead atoms. The molecule has 2 N–H and O–H groups in total. The van der Waals surface area contributed by atoms with Gasteiger partial charge in [0.1, 0.15) is 11.5 Å². The number of amides is 1. The Morgan fingerprint density at radius 3 is 2.74 bits per heavy atom. The van der Waals surface area contributed by atoms with Gasteiger partial charge in [0.05, 0.1) is 30.5 Å². The maximum atomic E-state index is 13.7. The van der Waals surface area contributed by atoms with Gasteiger partial charge in [-0.25, -0.2) is 9.37 Å². The first-order valence-electron chi connectivity index (χ1n) is 9.07. The summed E-state index contributed by atoms with van der Waals surface area (Å²) in [6, 6.07) is 8.44. The zero-order valence-electron chi connectivity index (χ0n) is 15.8. The van der Waals surface area contributed by atoms with Crippen LogP contribution >= 0.6 is 0 Å². The van der Waals surface area contributed by atoms with E-state index >= 15 is 0 Å². The molecular formula is C21H24FN3O2. The van der Waals surface area contributed by atoms with Crippen LogP contribution in [0.1, 0.15) is 30.2 Å². The predicted molar refractivity (Wildman–Crippen MR) is 103 cm³/mol. The molecule has 142 valence electrons. The van der Waals surface area contributed by atoms with Gasteiger partial charge in [0.15, 0.2) is 0 Å². The number of nitrogens with zero attached hydrogens (tertiary/aromatic N) is 2. The number of aliphatic hydroxyl groups excluding tert-OH is 1. The van der Waals surface area contributed by atoms with Gasteiger partial charge < -0.3 is 14.8 Å². The lowest BCUT2D eigenvalue weighted by atomic mass is 10.1. The van der Waals surface area contributed by atoms with Crippen molar-refractivity contribution >= 4 is 11.6 Å². The molecule has 5 nitrogen and oxygen atoms in total. The number of pyridine rings is 1. The van der Waals surface area contributed by atoms with Gasteiger partial charge in [0.25, 0.3) is 0 Å². The number of benzene rings is 1. The Hall–Kier alpha value is -2.73. The summed E-state index contributed by atoms with van der Waals surface area (Å²) in [6.45, 7) is 5.49. The molecule has 0 fully saturated rings. The lowest BCUT2D eigenvalue weighted by Gasteiger charge is -2.14. The quantitative estimate of drug-likeness (QED) is 0.701. The zero-order valence-corrected chi connectivity index (χ0v) is 15.8. The fraction of sp³-hybridized carbons (Fsp3) is 0.333. The average Bonchev–Trinajstić information content (AvgIpc) is 2.99. The summed E-state index contributed by atoms with van der Waals surface area (Å²) in [7, 11) is 0. The number of nitrogens with one attached hydrogen (secondary N) is 1. The second-order valence-corrected chi connectivity index (χ2v) is 6.84. The molecular weight excluding hydrogens is 345 g/mol. The summed E-state index contributed by atoms with van der Waals surface area (Å²) < 4.78 is 15.6. The topological polar surface area (TPSA) is 66.6 Å². The number of fused-ring (bicyclic) bond motifs is 1. The summed E-state index contributed by atoms with van der Waals surface area (Å²) in [5, 5.41) is 12.2. The van der Waals surface area contributed by atoms with Gasteiger partial charge in [-0.3, -0.25) is 4.79 Å². The third-order valence-electron chi connectivity index (χ3n) is 4.70. The molecule has 1 atom stereocenters. The number of aliphatic hydroxyl groups is 1. The van der Waals surface area contributed by atoms with E-state index in [1.165, 1.54) is 6.07 Å². The maximum Gasteiger partial charge on any atom is 0.226 e. The van der Waals surface area contributed by atoms with E-state index in [0.717, 1.165) is 22.5 Å². The fourth-order valence-corrected chi connectivity index (χ4v) is 3.10. The summed E-state index contributed by atoms with van der Waals surface area (Å²) >= 11 is 0. The van der Waals surface area contributed by atoms with Gasteiger partial charge in [0, 0.05) is 11.8 Å². The first kappa shape index (κ1) is 19.0. The molecule has 0 spiro atoms. The van der Waals surface area contributed by atoms with Crippen LogP contribution in [0, 0.1) is 19.7 Å². The third-order valence-corrected chi connectivity index (χ3v) is 4.70. The molecule has 1 amide bonds. The molecule has 0 aliphatic carbocycles. The molecule has 1 aromatic carbocycles. The minimum absolute atomic E-state index is 0.0987. The van der Waals surface area contributed by atoms with Gasteiger partial charge in [-0.05, 0) is 55.7 Å². The molecule has 2 heterocycles. The highest BCUT2D eigenvalue weighted by Gasteiger charge is 2.19. The lowest BCUT2D eigenvalue weighted by molar-refractivity contribution is -0.121. The smallest absolute Gasteiger partial charge is 0.226 e. The second-order valence-electron chi connectivity index (χ2n) is 6.84. The van der Waals surface area contributed by atoms with E-state index in [1.807, 2.05) is 36.6 Å². The number of halogens is 1. The van der Waals surface area contributed by atoms with E-state index in [1.54, 1.807) is 19.1 Å². The van der Waals surface area contributed by atoms with Gasteiger partial charge in [-0.15, -0.1) is 0 Å². The molecule has 0 aliphatic heterocycles. The Labute approximate surface area is 157 Å². The van der Waals surface area contributed by atoms with Crippen LogP contribution in [0.25, 0.3) is 16.9 Å². The van der Waals surface area contributed by atoms with Gasteiger partial charge in [-0.2, -0.15) is 0 Å². The number of hydrogen-bond acceptors (Lipinski definition) is 3. The Morgan fingerprint density at radius 2 is 2.07 bits per heavy atom. The average molecular weight is 369 g/mol. The standard InChI is InChI=1S/C21H24FN3O2/c1-4-16(12-26)23-20(27)10-18-21(15-6-7-17(22)14(3)9-15)24-19-8-5-13(2)11-25(18)19/h5-9,11,16,26H,4,10,12H2,1-3H3,(H,23,27). The summed E-state index contributed by atoms with van der Waals surface area (Å²) in [5.41, 5.74) is 4.48. The number of hydrogen-bond donors (Lipinski definition) is 2. The highest BCUT2D eigenvalue weighted by atomic mass is 19.1. The number of carbonyl (C=O) groups excluding carboxylic acids is 1. The van der Waals surface area contributed by atoms with Crippen molar-refractivity contribution in [3.63, 3.8) is 0 Å². The van der Waals surface area contributed by atoms with Crippen LogP contribution in [-0.2, 0) is 11.2 Å². The van der Waals surface area contributed by atoms with E-state index in [2.05, 4.69) is 10.3 Å². The molecule has 27 heavy (non-hydrogen) atoms. The summed E-state index contributed by atoms with van der Waals surface area (Å²) in [5.74, 6) is -0.453. The summed E-state index contributed by atoms with van der Waals surface area (Å²) in [4.78, 5) is 17.2. The maximum absolute atomic E-state index is 13.7. The molecule has 1 unspecified atom stereocenters. The molecule has 3 aromatic rings. The second kappa shape index (κ2) is 7.88. The molecule has 0 aliphatic rings. The Kier molecular flexibility index (Phi) is 5.56. The van der Waals surface area contributed by atoms with E-state index in [-0.39, 0.29) is 30.8 Å². The lowest BCUT2D eigenvalue weighted by Crippen LogP contribution is -2.38. The largest absolute Gasteiger partial charge is 0.394 e. The van der Waals surface area contributed by atoms with Crippen LogP contribution in [0.2, 0.25) is 0 Å². The van der Waals surface area contributed by atoms with Gasteiger partial charge in [-0.1, -0.05) is 13.0 Å². The van der Waals surface area contributed by atoms with Crippen LogP contribution in [0.5, 0.6) is 0 Å².